The number of pyridine rings is 1. The Morgan fingerprint density at radius 3 is 1.74 bits per heavy atom. The van der Waals surface area contributed by atoms with Crippen molar-refractivity contribution in [2.75, 3.05) is 21.7 Å². The van der Waals surface area contributed by atoms with Crippen LogP contribution >= 0.6 is 0 Å². The zero-order chi connectivity index (χ0) is 41.6. The van der Waals surface area contributed by atoms with Gasteiger partial charge in [-0.2, -0.15) is 25.3 Å². The third kappa shape index (κ3) is 8.35. The van der Waals surface area contributed by atoms with E-state index in [9.17, 15) is 58.1 Å². The molecule has 0 radical (unpaired) electrons. The van der Waals surface area contributed by atoms with Crippen molar-refractivity contribution in [2.45, 2.75) is 27.7 Å². The van der Waals surface area contributed by atoms with Gasteiger partial charge >= 0.3 is 0 Å². The van der Waals surface area contributed by atoms with Crippen LogP contribution in [-0.4, -0.2) is 62.3 Å². The van der Waals surface area contributed by atoms with Crippen LogP contribution in [0.1, 0.15) is 48.6 Å². The molecule has 6 rings (SSSR count). The van der Waals surface area contributed by atoms with Crippen molar-refractivity contribution >= 4 is 87.9 Å². The third-order valence-electron chi connectivity index (χ3n) is 8.57. The Bertz CT molecular complexity index is 2920. The number of benzene rings is 4. The maximum absolute atomic E-state index is 13.7. The second-order valence-electron chi connectivity index (χ2n) is 12.4. The topological polar surface area (TPSA) is 323 Å². The van der Waals surface area contributed by atoms with E-state index < -0.39 is 79.7 Å². The molecule has 4 aromatic carbocycles. The molecule has 0 atom stereocenters. The van der Waals surface area contributed by atoms with Gasteiger partial charge in [0, 0.05) is 28.6 Å². The van der Waals surface area contributed by atoms with Crippen LogP contribution in [0, 0.1) is 0 Å². The van der Waals surface area contributed by atoms with E-state index >= 15 is 0 Å². The van der Waals surface area contributed by atoms with Gasteiger partial charge in [0.05, 0.1) is 40.3 Å². The van der Waals surface area contributed by atoms with Gasteiger partial charge in [0.2, 0.25) is 5.91 Å². The van der Waals surface area contributed by atoms with E-state index in [4.69, 9.17) is 11.5 Å². The van der Waals surface area contributed by atoms with Crippen molar-refractivity contribution in [1.82, 2.24) is 0 Å². The first-order valence-electron chi connectivity index (χ1n) is 16.1. The summed E-state index contributed by atoms with van der Waals surface area (Å²) in [6.07, 6.45) is 2.78. The average molecular weight is 838 g/mol. The first kappa shape index (κ1) is 40.1. The van der Waals surface area contributed by atoms with Crippen LogP contribution in [0.4, 0.5) is 34.1 Å². The van der Waals surface area contributed by atoms with Gasteiger partial charge in [-0.15, -0.1) is 0 Å². The molecule has 5 aromatic rings. The number of nitrogens with zero attached hydrogens (tertiary/aromatic N) is 1. The molecule has 1 aliphatic rings. The predicted molar refractivity (Wildman–Crippen MR) is 201 cm³/mol. The van der Waals surface area contributed by atoms with Gasteiger partial charge in [0.15, 0.2) is 30.5 Å². The van der Waals surface area contributed by atoms with Crippen LogP contribution < -0.4 is 32.0 Å². The second-order valence-corrected chi connectivity index (χ2v) is 16.5. The van der Waals surface area contributed by atoms with E-state index in [-0.39, 0.29) is 63.7 Å². The molecule has 294 valence electrons. The van der Waals surface area contributed by atoms with E-state index in [1.54, 1.807) is 6.20 Å². The van der Waals surface area contributed by atoms with Gasteiger partial charge in [-0.25, -0.2) is 4.57 Å². The van der Waals surface area contributed by atoms with Crippen LogP contribution in [-0.2, 0) is 41.7 Å². The third-order valence-corrected chi connectivity index (χ3v) is 11.2. The first-order chi connectivity index (χ1) is 26.6. The molecule has 22 heteroatoms. The number of ketones is 2. The number of aryl methyl sites for hydroxylation is 1. The highest BCUT2D eigenvalue weighted by Gasteiger charge is 2.36. The van der Waals surface area contributed by atoms with Crippen LogP contribution in [0.2, 0.25) is 0 Å². The highest BCUT2D eigenvalue weighted by molar-refractivity contribution is 7.86. The van der Waals surface area contributed by atoms with E-state index in [0.29, 0.717) is 0 Å². The molecule has 2 amide bonds. The fourth-order valence-corrected chi connectivity index (χ4v) is 7.99. The number of rotatable bonds is 12. The summed E-state index contributed by atoms with van der Waals surface area (Å²) >= 11 is 0. The molecule has 0 spiro atoms. The van der Waals surface area contributed by atoms with Crippen molar-refractivity contribution in [3.05, 3.63) is 119 Å². The summed E-state index contributed by atoms with van der Waals surface area (Å²) in [6.45, 7) is 0.0575. The van der Waals surface area contributed by atoms with E-state index in [1.165, 1.54) is 59.3 Å². The lowest BCUT2D eigenvalue weighted by atomic mass is 9.82. The number of amides is 2. The minimum atomic E-state index is -5.11. The standard InChI is InChI=1S/C35H28N6O13S3/c36-32-28(57(52,53)54)16-25(30-31(32)34(44)22-6-2-1-5-21(22)33(30)43)39-20-7-9-23(26(15-20)55(46,47)48)38-19-8-10-24(27(14-19)56(49,50)51)40-29(42)11-13-41-12-3-4-18(17-41)35(37)45/h1-10,12,14-17H,11,13H2,(H9-,36,37,38,39,40,42,43,44,45,46,47,48,49,50,51,52,53,54)/p+1. The largest absolute Gasteiger partial charge is 0.397 e. The minimum Gasteiger partial charge on any atom is -0.397 e. The Labute approximate surface area is 323 Å². The van der Waals surface area contributed by atoms with Crippen LogP contribution in [0.3, 0.4) is 0 Å². The number of aromatic nitrogens is 1. The van der Waals surface area contributed by atoms with Gasteiger partial charge in [-0.1, -0.05) is 24.3 Å². The van der Waals surface area contributed by atoms with Crippen LogP contribution in [0.25, 0.3) is 0 Å². The smallest absolute Gasteiger partial charge is 0.296 e. The number of nitrogens with two attached hydrogens (primary N) is 2. The highest BCUT2D eigenvalue weighted by atomic mass is 32.2. The zero-order valence-corrected chi connectivity index (χ0v) is 31.3. The van der Waals surface area contributed by atoms with Gasteiger partial charge in [0.25, 0.3) is 36.3 Å². The van der Waals surface area contributed by atoms with Crippen molar-refractivity contribution in [1.29, 1.82) is 0 Å². The van der Waals surface area contributed by atoms with Gasteiger partial charge < -0.3 is 27.4 Å². The predicted octanol–water partition coefficient (Wildman–Crippen LogP) is 2.69. The molecule has 0 fully saturated rings. The monoisotopic (exact) mass is 837 g/mol. The van der Waals surface area contributed by atoms with E-state index in [1.807, 2.05) is 0 Å². The SMILES string of the molecule is NC(=O)c1ccc[n+](CCC(=O)Nc2ccc(Nc3ccc(Nc4cc(S(=O)(=O)O)c(N)c5c4C(=O)c4ccccc4C5=O)cc3S(=O)(=O)O)cc2S(=O)(=O)O)c1. The van der Waals surface area contributed by atoms with E-state index in [2.05, 4.69) is 16.0 Å². The minimum absolute atomic E-state index is 0.0450. The number of fused-ring (bicyclic) bond motifs is 2. The second kappa shape index (κ2) is 14.8. The molecule has 19 nitrogen and oxygen atoms in total. The number of primary amides is 1. The molecule has 0 saturated carbocycles. The summed E-state index contributed by atoms with van der Waals surface area (Å²) in [7, 11) is -15.2. The fourth-order valence-electron chi connectivity index (χ4n) is 6.00. The Morgan fingerprint density at radius 1 is 0.649 bits per heavy atom. The quantitative estimate of drug-likeness (QED) is 0.0499. The van der Waals surface area contributed by atoms with Crippen LogP contribution in [0.5, 0.6) is 0 Å². The zero-order valence-electron chi connectivity index (χ0n) is 28.8. The molecular weight excluding hydrogens is 809 g/mol. The van der Waals surface area contributed by atoms with Crippen molar-refractivity contribution in [2.24, 2.45) is 5.73 Å². The molecule has 0 aliphatic heterocycles. The normalized spacial score (nSPS) is 12.7. The summed E-state index contributed by atoms with van der Waals surface area (Å²) in [5, 5.41) is 7.64. The van der Waals surface area contributed by atoms with Gasteiger partial charge in [-0.3, -0.25) is 32.8 Å². The fraction of sp³-hybridized carbons (Fsp3) is 0.0571. The lowest BCUT2D eigenvalue weighted by Crippen LogP contribution is -2.36. The number of nitrogen functional groups attached to an aromatic ring is 1. The van der Waals surface area contributed by atoms with Crippen molar-refractivity contribution < 1.29 is 62.7 Å². The number of hydrogen-bond donors (Lipinski definition) is 8. The lowest BCUT2D eigenvalue weighted by molar-refractivity contribution is -0.695. The molecule has 57 heavy (non-hydrogen) atoms. The van der Waals surface area contributed by atoms with Crippen LogP contribution in [0.15, 0.2) is 106 Å². The van der Waals surface area contributed by atoms with Gasteiger partial charge in [0.1, 0.15) is 20.2 Å². The molecule has 1 aromatic heterocycles. The van der Waals surface area contributed by atoms with Gasteiger partial charge in [-0.05, 0) is 48.5 Å². The summed E-state index contributed by atoms with van der Waals surface area (Å²) in [6, 6.07) is 15.8. The Balaban J connectivity index is 1.32. The Hall–Kier alpha value is -6.56. The lowest BCUT2D eigenvalue weighted by Gasteiger charge is -2.24. The van der Waals surface area contributed by atoms with Crippen molar-refractivity contribution in [3.8, 4) is 0 Å². The molecule has 10 N–H and O–H groups in total. The molecular formula is C35H29N6O13S3+. The number of hydrogen-bond acceptors (Lipinski definition) is 13. The maximum atomic E-state index is 13.7. The molecule has 0 saturated heterocycles. The van der Waals surface area contributed by atoms with Crippen molar-refractivity contribution in [3.63, 3.8) is 0 Å². The molecule has 1 aliphatic carbocycles. The summed E-state index contributed by atoms with van der Waals surface area (Å²) in [5.41, 5.74) is 8.29. The number of anilines is 6. The summed E-state index contributed by atoms with van der Waals surface area (Å²) < 4.78 is 106. The first-order valence-corrected chi connectivity index (χ1v) is 20.4. The maximum Gasteiger partial charge on any atom is 0.296 e. The summed E-state index contributed by atoms with van der Waals surface area (Å²) in [5.74, 6) is -2.96. The average Bonchev–Trinajstić information content (AvgIpc) is 3.13. The summed E-state index contributed by atoms with van der Waals surface area (Å²) in [4.78, 5) is 48.8. The number of carbonyl (C=O) groups is 4. The number of carbonyl (C=O) groups excluding carboxylic acids is 4. The van der Waals surface area contributed by atoms with E-state index in [0.717, 1.165) is 30.3 Å². The highest BCUT2D eigenvalue weighted by Crippen LogP contribution is 2.41. The Kier molecular flexibility index (Phi) is 10.4. The Morgan fingerprint density at radius 2 is 1.18 bits per heavy atom. The number of nitrogens with one attached hydrogen (secondary N) is 3. The molecule has 0 unspecified atom stereocenters. The molecule has 1 heterocycles. The molecule has 0 bridgehead atoms.